The Bertz CT molecular complexity index is 449. The second-order valence-corrected chi connectivity index (χ2v) is 4.44. The first-order chi connectivity index (χ1) is 8.39. The molecule has 0 bridgehead atoms. The number of alkyl halides is 2. The largest absolute Gasteiger partial charge is 0.368 e. The van der Waals surface area contributed by atoms with Gasteiger partial charge in [0.15, 0.2) is 0 Å². The highest BCUT2D eigenvalue weighted by Crippen LogP contribution is 2.32. The van der Waals surface area contributed by atoms with Gasteiger partial charge in [-0.05, 0) is 6.92 Å². The third-order valence-corrected chi connectivity index (χ3v) is 2.95. The van der Waals surface area contributed by atoms with Crippen LogP contribution in [-0.4, -0.2) is 39.8 Å². The van der Waals surface area contributed by atoms with Crippen LogP contribution in [0.5, 0.6) is 0 Å². The molecular weight excluding hydrogens is 242 g/mol. The summed E-state index contributed by atoms with van der Waals surface area (Å²) < 4.78 is 26.3. The van der Waals surface area contributed by atoms with Crippen molar-refractivity contribution in [2.75, 3.05) is 13.1 Å². The number of carbonyl (C=O) groups is 1. The molecule has 2 rings (SSSR count). The van der Waals surface area contributed by atoms with E-state index in [1.807, 2.05) is 0 Å². The zero-order chi connectivity index (χ0) is 13.3. The SMILES string of the molecule is Cc1ncc(C(C(N)=O)N2CCC(F)(F)C2)cn1. The first kappa shape index (κ1) is 12.8. The number of halogens is 2. The number of aromatic nitrogens is 2. The van der Waals surface area contributed by atoms with E-state index in [1.54, 1.807) is 6.92 Å². The molecule has 1 aromatic rings. The third-order valence-electron chi connectivity index (χ3n) is 2.95. The molecule has 1 fully saturated rings. The minimum Gasteiger partial charge on any atom is -0.368 e. The summed E-state index contributed by atoms with van der Waals surface area (Å²) in [4.78, 5) is 20.7. The summed E-state index contributed by atoms with van der Waals surface area (Å²) >= 11 is 0. The van der Waals surface area contributed by atoms with Crippen molar-refractivity contribution in [3.8, 4) is 0 Å². The Morgan fingerprint density at radius 2 is 2.11 bits per heavy atom. The number of aryl methyl sites for hydroxylation is 1. The van der Waals surface area contributed by atoms with Gasteiger partial charge in [0, 0.05) is 30.9 Å². The van der Waals surface area contributed by atoms with Crippen LogP contribution >= 0.6 is 0 Å². The average molecular weight is 256 g/mol. The van der Waals surface area contributed by atoms with Crippen LogP contribution in [-0.2, 0) is 4.79 Å². The van der Waals surface area contributed by atoms with E-state index < -0.39 is 24.4 Å². The van der Waals surface area contributed by atoms with Gasteiger partial charge in [-0.25, -0.2) is 18.7 Å². The standard InChI is InChI=1S/C11H14F2N4O/c1-7-15-4-8(5-16-7)9(10(14)18)17-3-2-11(12,13)6-17/h4-5,9H,2-3,6H2,1H3,(H2,14,18). The van der Waals surface area contributed by atoms with Crippen molar-refractivity contribution < 1.29 is 13.6 Å². The van der Waals surface area contributed by atoms with Crippen LogP contribution in [0, 0.1) is 6.92 Å². The molecule has 7 heteroatoms. The van der Waals surface area contributed by atoms with Crippen molar-refractivity contribution in [2.24, 2.45) is 5.73 Å². The van der Waals surface area contributed by atoms with Crippen molar-refractivity contribution in [1.82, 2.24) is 14.9 Å². The van der Waals surface area contributed by atoms with E-state index in [-0.39, 0.29) is 13.0 Å². The molecule has 0 aromatic carbocycles. The van der Waals surface area contributed by atoms with Gasteiger partial charge in [-0.1, -0.05) is 0 Å². The Morgan fingerprint density at radius 3 is 2.56 bits per heavy atom. The van der Waals surface area contributed by atoms with Crippen LogP contribution in [0.3, 0.4) is 0 Å². The van der Waals surface area contributed by atoms with E-state index in [4.69, 9.17) is 5.73 Å². The number of nitrogens with two attached hydrogens (primary N) is 1. The molecule has 1 aliphatic heterocycles. The van der Waals surface area contributed by atoms with E-state index in [0.29, 0.717) is 11.4 Å². The van der Waals surface area contributed by atoms with Crippen molar-refractivity contribution in [2.45, 2.75) is 25.3 Å². The molecule has 1 aromatic heterocycles. The quantitative estimate of drug-likeness (QED) is 0.862. The molecule has 1 amide bonds. The van der Waals surface area contributed by atoms with Gasteiger partial charge in [0.25, 0.3) is 5.92 Å². The molecule has 2 N–H and O–H groups in total. The fourth-order valence-electron chi connectivity index (χ4n) is 2.08. The summed E-state index contributed by atoms with van der Waals surface area (Å²) in [5, 5.41) is 0. The zero-order valence-corrected chi connectivity index (χ0v) is 9.94. The van der Waals surface area contributed by atoms with Crippen molar-refractivity contribution in [3.63, 3.8) is 0 Å². The zero-order valence-electron chi connectivity index (χ0n) is 9.94. The van der Waals surface area contributed by atoms with Crippen LogP contribution in [0.25, 0.3) is 0 Å². The third kappa shape index (κ3) is 2.61. The molecule has 0 aliphatic carbocycles. The second-order valence-electron chi connectivity index (χ2n) is 4.44. The lowest BCUT2D eigenvalue weighted by molar-refractivity contribution is -0.123. The monoisotopic (exact) mass is 256 g/mol. The topological polar surface area (TPSA) is 72.1 Å². The highest BCUT2D eigenvalue weighted by molar-refractivity contribution is 5.81. The van der Waals surface area contributed by atoms with Gasteiger partial charge in [0.2, 0.25) is 5.91 Å². The molecule has 2 heterocycles. The van der Waals surface area contributed by atoms with Gasteiger partial charge in [0.05, 0.1) is 6.54 Å². The number of rotatable bonds is 3. The van der Waals surface area contributed by atoms with E-state index in [9.17, 15) is 13.6 Å². The molecule has 1 saturated heterocycles. The Morgan fingerprint density at radius 1 is 1.50 bits per heavy atom. The summed E-state index contributed by atoms with van der Waals surface area (Å²) in [5.74, 6) is -2.88. The minimum absolute atomic E-state index is 0.133. The number of amides is 1. The maximum Gasteiger partial charge on any atom is 0.261 e. The fourth-order valence-corrected chi connectivity index (χ4v) is 2.08. The number of carbonyl (C=O) groups excluding carboxylic acids is 1. The molecule has 5 nitrogen and oxygen atoms in total. The van der Waals surface area contributed by atoms with Gasteiger partial charge in [-0.15, -0.1) is 0 Å². The molecule has 18 heavy (non-hydrogen) atoms. The van der Waals surface area contributed by atoms with Crippen LogP contribution in [0.15, 0.2) is 12.4 Å². The van der Waals surface area contributed by atoms with Crippen LogP contribution in [0.4, 0.5) is 8.78 Å². The van der Waals surface area contributed by atoms with Crippen LogP contribution < -0.4 is 5.73 Å². The maximum atomic E-state index is 13.2. The predicted molar refractivity (Wildman–Crippen MR) is 59.8 cm³/mol. The van der Waals surface area contributed by atoms with Crippen LogP contribution in [0.1, 0.15) is 23.9 Å². The van der Waals surface area contributed by atoms with Crippen molar-refractivity contribution in [1.29, 1.82) is 0 Å². The predicted octanol–water partition coefficient (Wildman–Crippen LogP) is 0.652. The highest BCUT2D eigenvalue weighted by atomic mass is 19.3. The van der Waals surface area contributed by atoms with E-state index in [0.717, 1.165) is 0 Å². The molecular formula is C11H14F2N4O. The summed E-state index contributed by atoms with van der Waals surface area (Å²) in [7, 11) is 0. The molecule has 1 unspecified atom stereocenters. The number of hydrogen-bond acceptors (Lipinski definition) is 4. The Kier molecular flexibility index (Phi) is 3.25. The number of likely N-dealkylation sites (tertiary alicyclic amines) is 1. The Labute approximate surface area is 103 Å². The molecule has 0 saturated carbocycles. The van der Waals surface area contributed by atoms with E-state index >= 15 is 0 Å². The highest BCUT2D eigenvalue weighted by Gasteiger charge is 2.42. The molecule has 1 atom stereocenters. The van der Waals surface area contributed by atoms with E-state index in [1.165, 1.54) is 17.3 Å². The first-order valence-electron chi connectivity index (χ1n) is 5.59. The Balaban J connectivity index is 2.24. The first-order valence-corrected chi connectivity index (χ1v) is 5.59. The van der Waals surface area contributed by atoms with Gasteiger partial charge in [-0.3, -0.25) is 9.69 Å². The summed E-state index contributed by atoms with van der Waals surface area (Å²) in [6.07, 6.45) is 2.64. The maximum absolute atomic E-state index is 13.2. The van der Waals surface area contributed by atoms with Gasteiger partial charge < -0.3 is 5.73 Å². The van der Waals surface area contributed by atoms with Gasteiger partial charge in [-0.2, -0.15) is 0 Å². The van der Waals surface area contributed by atoms with Gasteiger partial charge >= 0.3 is 0 Å². The van der Waals surface area contributed by atoms with E-state index in [2.05, 4.69) is 9.97 Å². The lowest BCUT2D eigenvalue weighted by Crippen LogP contribution is -2.38. The smallest absolute Gasteiger partial charge is 0.261 e. The van der Waals surface area contributed by atoms with Gasteiger partial charge in [0.1, 0.15) is 11.9 Å². The molecule has 0 radical (unpaired) electrons. The van der Waals surface area contributed by atoms with Crippen molar-refractivity contribution in [3.05, 3.63) is 23.8 Å². The fraction of sp³-hybridized carbons (Fsp3) is 0.545. The van der Waals surface area contributed by atoms with Crippen molar-refractivity contribution >= 4 is 5.91 Å². The number of hydrogen-bond donors (Lipinski definition) is 1. The van der Waals surface area contributed by atoms with Crippen LogP contribution in [0.2, 0.25) is 0 Å². The summed E-state index contributed by atoms with van der Waals surface area (Å²) in [6, 6.07) is -0.890. The molecule has 1 aliphatic rings. The summed E-state index contributed by atoms with van der Waals surface area (Å²) in [5.41, 5.74) is 5.74. The molecule has 0 spiro atoms. The normalized spacial score (nSPS) is 20.8. The number of primary amides is 1. The lowest BCUT2D eigenvalue weighted by Gasteiger charge is -2.24. The second kappa shape index (κ2) is 4.56. The lowest BCUT2D eigenvalue weighted by atomic mass is 10.1. The molecule has 98 valence electrons. The minimum atomic E-state index is -2.76. The average Bonchev–Trinajstić information content (AvgIpc) is 2.61. The Hall–Kier alpha value is -1.63. The number of nitrogens with zero attached hydrogens (tertiary/aromatic N) is 3. The summed E-state index contributed by atoms with van der Waals surface area (Å²) in [6.45, 7) is 1.37.